The largest absolute Gasteiger partial charge is 0.488 e. The van der Waals surface area contributed by atoms with Crippen LogP contribution in [0.5, 0.6) is 5.75 Å². The van der Waals surface area contributed by atoms with Gasteiger partial charge in [-0.05, 0) is 55.6 Å². The van der Waals surface area contributed by atoms with Crippen molar-refractivity contribution in [3.05, 3.63) is 48.5 Å². The molecule has 6 amide bonds. The maximum absolute atomic E-state index is 14.8. The molecule has 0 bridgehead atoms. The summed E-state index contributed by atoms with van der Waals surface area (Å²) in [4.78, 5) is 104. The molecule has 5 atom stereocenters. The highest BCUT2D eigenvalue weighted by molar-refractivity contribution is 6.38. The van der Waals surface area contributed by atoms with Crippen molar-refractivity contribution in [3.8, 4) is 5.75 Å². The molecule has 3 aliphatic rings. The average Bonchev–Trinajstić information content (AvgIpc) is 3.90. The monoisotopic (exact) mass is 788 g/mol. The van der Waals surface area contributed by atoms with E-state index in [1.807, 2.05) is 6.92 Å². The third-order valence-corrected chi connectivity index (χ3v) is 10.5. The van der Waals surface area contributed by atoms with Crippen LogP contribution in [-0.2, 0) is 28.8 Å². The first-order chi connectivity index (χ1) is 27.1. The molecule has 16 heteroatoms. The Bertz CT molecular complexity index is 1790. The smallest absolute Gasteiger partial charge is 0.289 e. The molecule has 308 valence electrons. The third-order valence-electron chi connectivity index (χ3n) is 10.5. The highest BCUT2D eigenvalue weighted by Gasteiger charge is 2.47. The summed E-state index contributed by atoms with van der Waals surface area (Å²) < 4.78 is 6.29. The van der Waals surface area contributed by atoms with Crippen LogP contribution in [0.15, 0.2) is 42.9 Å². The van der Waals surface area contributed by atoms with Crippen molar-refractivity contribution in [2.75, 3.05) is 11.9 Å². The number of amides is 6. The summed E-state index contributed by atoms with van der Waals surface area (Å²) in [5.41, 5.74) is -0.313. The van der Waals surface area contributed by atoms with E-state index in [0.717, 1.165) is 32.1 Å². The van der Waals surface area contributed by atoms with Crippen molar-refractivity contribution in [2.24, 2.45) is 11.3 Å². The van der Waals surface area contributed by atoms with Crippen LogP contribution in [-0.4, -0.2) is 99.0 Å². The van der Waals surface area contributed by atoms with Gasteiger partial charge in [0.1, 0.15) is 35.7 Å². The number of hydrogen-bond donors (Lipinski definition) is 5. The Labute approximate surface area is 333 Å². The highest BCUT2D eigenvalue weighted by atomic mass is 16.5. The van der Waals surface area contributed by atoms with Gasteiger partial charge in [0.15, 0.2) is 0 Å². The Hall–Kier alpha value is -5.41. The standard InChI is InChI=1S/C41H56N8O8/c1-6-11-30(34(51)39(55)45-26-16-17-26)46-37(53)32-21-29(57-28-15-10-14-27(20-28)44-24(2)50)23-49(32)40(56)35(41(3,4)5)48-38(54)33(25-12-8-7-9-13-25)47-36(52)31-22-42-18-19-43-31/h10,14-15,18-20,22,25-26,29-30,32-33,35H,6-9,11-13,16-17,21,23H2,1-5H3,(H,44,50)(H,45,55)(H,46,53)(H,47,52)(H,48,54)/t29-,30+,32+,33+,35-/m1/s1. The van der Waals surface area contributed by atoms with Crippen LogP contribution in [0.3, 0.4) is 0 Å². The van der Waals surface area contributed by atoms with E-state index < -0.39 is 71.0 Å². The number of ketones is 1. The summed E-state index contributed by atoms with van der Waals surface area (Å²) in [6.07, 6.45) is 9.99. The van der Waals surface area contributed by atoms with E-state index in [-0.39, 0.29) is 42.9 Å². The molecule has 2 heterocycles. The second-order valence-corrected chi connectivity index (χ2v) is 16.4. The van der Waals surface area contributed by atoms with Crippen molar-refractivity contribution in [1.29, 1.82) is 0 Å². The minimum Gasteiger partial charge on any atom is -0.488 e. The van der Waals surface area contributed by atoms with Crippen molar-refractivity contribution in [3.63, 3.8) is 0 Å². The minimum absolute atomic E-state index is 0.0346. The summed E-state index contributed by atoms with van der Waals surface area (Å²) in [7, 11) is 0. The fraction of sp³-hybridized carbons (Fsp3) is 0.585. The molecule has 57 heavy (non-hydrogen) atoms. The molecule has 0 unspecified atom stereocenters. The number of nitrogens with one attached hydrogen (secondary N) is 5. The Morgan fingerprint density at radius 3 is 2.32 bits per heavy atom. The molecule has 2 aliphatic carbocycles. The van der Waals surface area contributed by atoms with Gasteiger partial charge in [-0.3, -0.25) is 38.5 Å². The summed E-state index contributed by atoms with van der Waals surface area (Å²) in [5.74, 6) is -3.86. The highest BCUT2D eigenvalue weighted by Crippen LogP contribution is 2.31. The van der Waals surface area contributed by atoms with Crippen LogP contribution in [0, 0.1) is 11.3 Å². The summed E-state index contributed by atoms with van der Waals surface area (Å²) in [6.45, 7) is 8.56. The normalized spacial score (nSPS) is 20.0. The van der Waals surface area contributed by atoms with Crippen molar-refractivity contribution >= 4 is 46.9 Å². The molecule has 1 aromatic heterocycles. The lowest BCUT2D eigenvalue weighted by Gasteiger charge is -2.37. The number of ether oxygens (including phenoxy) is 1. The zero-order chi connectivity index (χ0) is 41.3. The number of carbonyl (C=O) groups excluding carboxylic acids is 7. The van der Waals surface area contributed by atoms with Crippen LogP contribution in [0.25, 0.3) is 0 Å². The topological polar surface area (TPSA) is 218 Å². The van der Waals surface area contributed by atoms with Gasteiger partial charge in [-0.2, -0.15) is 0 Å². The lowest BCUT2D eigenvalue weighted by atomic mass is 9.82. The second-order valence-electron chi connectivity index (χ2n) is 16.4. The van der Waals surface area contributed by atoms with Gasteiger partial charge in [-0.25, -0.2) is 4.98 Å². The van der Waals surface area contributed by atoms with Crippen molar-refractivity contribution in [2.45, 2.75) is 135 Å². The molecule has 1 aromatic carbocycles. The van der Waals surface area contributed by atoms with Crippen LogP contribution >= 0.6 is 0 Å². The van der Waals surface area contributed by atoms with Crippen LogP contribution in [0.2, 0.25) is 0 Å². The van der Waals surface area contributed by atoms with E-state index in [9.17, 15) is 33.6 Å². The third kappa shape index (κ3) is 11.8. The molecular formula is C41H56N8O8. The molecule has 5 rings (SSSR count). The number of aromatic nitrogens is 2. The Morgan fingerprint density at radius 1 is 0.947 bits per heavy atom. The van der Waals surface area contributed by atoms with E-state index >= 15 is 0 Å². The van der Waals surface area contributed by atoms with E-state index in [0.29, 0.717) is 30.7 Å². The Kier molecular flexibility index (Phi) is 14.4. The molecule has 0 radical (unpaired) electrons. The number of anilines is 1. The average molecular weight is 789 g/mol. The number of rotatable bonds is 16. The van der Waals surface area contributed by atoms with E-state index in [4.69, 9.17) is 4.74 Å². The number of benzene rings is 1. The molecular weight excluding hydrogens is 732 g/mol. The Balaban J connectivity index is 1.41. The molecule has 2 saturated carbocycles. The lowest BCUT2D eigenvalue weighted by Crippen LogP contribution is -2.62. The van der Waals surface area contributed by atoms with Gasteiger partial charge < -0.3 is 36.2 Å². The number of likely N-dealkylation sites (tertiary alicyclic amines) is 1. The summed E-state index contributed by atoms with van der Waals surface area (Å²) >= 11 is 0. The first-order valence-electron chi connectivity index (χ1n) is 20.0. The van der Waals surface area contributed by atoms with Crippen LogP contribution < -0.4 is 31.3 Å². The van der Waals surface area contributed by atoms with Gasteiger partial charge in [0.05, 0.1) is 18.8 Å². The van der Waals surface area contributed by atoms with E-state index in [1.165, 1.54) is 30.4 Å². The predicted molar refractivity (Wildman–Crippen MR) is 210 cm³/mol. The second kappa shape index (κ2) is 19.2. The van der Waals surface area contributed by atoms with Crippen molar-refractivity contribution in [1.82, 2.24) is 36.1 Å². The zero-order valence-corrected chi connectivity index (χ0v) is 33.5. The van der Waals surface area contributed by atoms with Gasteiger partial charge in [0.25, 0.3) is 11.8 Å². The maximum atomic E-state index is 14.8. The molecule has 3 fully saturated rings. The number of nitrogens with zero attached hydrogens (tertiary/aromatic N) is 3. The Morgan fingerprint density at radius 2 is 1.68 bits per heavy atom. The fourth-order valence-electron chi connectivity index (χ4n) is 7.43. The van der Waals surface area contributed by atoms with E-state index in [1.54, 1.807) is 45.0 Å². The van der Waals surface area contributed by atoms with E-state index in [2.05, 4.69) is 36.6 Å². The first-order valence-corrected chi connectivity index (χ1v) is 20.0. The van der Waals surface area contributed by atoms with Gasteiger partial charge in [-0.15, -0.1) is 0 Å². The van der Waals surface area contributed by atoms with Gasteiger partial charge >= 0.3 is 0 Å². The maximum Gasteiger partial charge on any atom is 0.289 e. The molecule has 2 aromatic rings. The molecule has 0 spiro atoms. The zero-order valence-electron chi connectivity index (χ0n) is 33.5. The van der Waals surface area contributed by atoms with Crippen molar-refractivity contribution < 1.29 is 38.3 Å². The molecule has 5 N–H and O–H groups in total. The molecule has 16 nitrogen and oxygen atoms in total. The first kappa shape index (κ1) is 42.7. The van der Waals surface area contributed by atoms with Gasteiger partial charge in [0.2, 0.25) is 29.4 Å². The molecule has 1 aliphatic heterocycles. The number of Topliss-reactive ketones (excluding diaryl/α,β-unsaturated/α-hetero) is 1. The summed E-state index contributed by atoms with van der Waals surface area (Å²) in [5, 5.41) is 14.0. The predicted octanol–water partition coefficient (Wildman–Crippen LogP) is 2.83. The minimum atomic E-state index is -1.15. The fourth-order valence-corrected chi connectivity index (χ4v) is 7.43. The molecule has 1 saturated heterocycles. The van der Waals surface area contributed by atoms with Crippen LogP contribution in [0.1, 0.15) is 109 Å². The summed E-state index contributed by atoms with van der Waals surface area (Å²) in [6, 6.07) is 2.31. The van der Waals surface area contributed by atoms with Gasteiger partial charge in [-0.1, -0.05) is 59.4 Å². The quantitative estimate of drug-likeness (QED) is 0.157. The number of carbonyl (C=O) groups is 7. The van der Waals surface area contributed by atoms with Crippen LogP contribution in [0.4, 0.5) is 5.69 Å². The number of hydrogen-bond acceptors (Lipinski definition) is 10. The SMILES string of the molecule is CCC[C@H](NC(=O)[C@@H]1C[C@@H](Oc2cccc(NC(C)=O)c2)CN1C(=O)[C@@H](NC(=O)[C@@H](NC(=O)c1cnccn1)C1CCCCC1)C(C)(C)C)C(=O)C(=O)NC1CC1. The van der Waals surface area contributed by atoms with Gasteiger partial charge in [0, 0.05) is 43.5 Å². The lowest BCUT2D eigenvalue weighted by molar-refractivity contribution is -0.145.